The Bertz CT molecular complexity index is 759. The Morgan fingerprint density at radius 1 is 0.654 bits per heavy atom. The molecule has 0 saturated heterocycles. The number of rotatable bonds is 7. The fourth-order valence-corrected chi connectivity index (χ4v) is 4.80. The molecule has 134 valence electrons. The van der Waals surface area contributed by atoms with Gasteiger partial charge in [-0.25, -0.2) is 0 Å². The monoisotopic (exact) mass is 363 g/mol. The van der Waals surface area contributed by atoms with Gasteiger partial charge in [0.2, 0.25) is 0 Å². The molecule has 3 rings (SSSR count). The van der Waals surface area contributed by atoms with E-state index in [0.29, 0.717) is 0 Å². The van der Waals surface area contributed by atoms with Crippen LogP contribution in [0.2, 0.25) is 0 Å². The quantitative estimate of drug-likeness (QED) is 0.340. The van der Waals surface area contributed by atoms with Crippen molar-refractivity contribution in [2.45, 2.75) is 48.3 Å². The van der Waals surface area contributed by atoms with E-state index in [9.17, 15) is 0 Å². The van der Waals surface area contributed by atoms with E-state index in [1.165, 1.54) is 25.8 Å². The highest BCUT2D eigenvalue weighted by Crippen LogP contribution is 2.32. The number of unbranched alkanes of at least 4 members (excludes halogenated alkanes) is 1. The predicted molar refractivity (Wildman–Crippen MR) is 111 cm³/mol. The summed E-state index contributed by atoms with van der Waals surface area (Å²) in [4.78, 5) is 4.01. The molecular weight excluding hydrogens is 336 g/mol. The van der Waals surface area contributed by atoms with Gasteiger partial charge in [0.1, 0.15) is 5.75 Å². The topological polar surface area (TPSA) is 9.23 Å². The first-order valence-electron chi connectivity index (χ1n) is 9.28. The fourth-order valence-electron chi connectivity index (χ4n) is 2.76. The molecule has 0 aromatic heterocycles. The first-order valence-corrected chi connectivity index (χ1v) is 10.5. The van der Waals surface area contributed by atoms with Crippen molar-refractivity contribution in [2.75, 3.05) is 6.61 Å². The molecule has 0 aliphatic rings. The number of hydrogen-bond acceptors (Lipinski definition) is 1. The minimum Gasteiger partial charge on any atom is -0.494 e. The van der Waals surface area contributed by atoms with E-state index in [1.54, 1.807) is 0 Å². The zero-order chi connectivity index (χ0) is 18.4. The molecule has 0 heterocycles. The van der Waals surface area contributed by atoms with Crippen LogP contribution in [0.15, 0.2) is 87.5 Å². The fraction of sp³-hybridized carbons (Fsp3) is 0.250. The second kappa shape index (κ2) is 8.95. The van der Waals surface area contributed by atoms with Crippen LogP contribution in [0, 0.1) is 13.8 Å². The van der Waals surface area contributed by atoms with Crippen molar-refractivity contribution in [1.82, 2.24) is 0 Å². The largest absolute Gasteiger partial charge is 0.494 e. The second-order valence-electron chi connectivity index (χ2n) is 6.61. The van der Waals surface area contributed by atoms with Crippen molar-refractivity contribution >= 4 is 10.9 Å². The molecule has 26 heavy (non-hydrogen) atoms. The lowest BCUT2D eigenvalue weighted by Crippen LogP contribution is -2.05. The van der Waals surface area contributed by atoms with Crippen molar-refractivity contribution in [3.8, 4) is 5.75 Å². The van der Waals surface area contributed by atoms with Crippen molar-refractivity contribution in [3.63, 3.8) is 0 Å². The SMILES string of the molecule is CCCCOc1ccc([S+](c2ccc(C)cc2)c2ccc(C)cc2)cc1. The average molecular weight is 364 g/mol. The lowest BCUT2D eigenvalue weighted by Gasteiger charge is -2.10. The van der Waals surface area contributed by atoms with E-state index >= 15 is 0 Å². The van der Waals surface area contributed by atoms with Crippen molar-refractivity contribution in [3.05, 3.63) is 83.9 Å². The summed E-state index contributed by atoms with van der Waals surface area (Å²) in [6, 6.07) is 26.5. The minimum atomic E-state index is -0.102. The smallest absolute Gasteiger partial charge is 0.166 e. The van der Waals surface area contributed by atoms with E-state index in [-0.39, 0.29) is 10.9 Å². The van der Waals surface area contributed by atoms with Crippen LogP contribution in [-0.2, 0) is 10.9 Å². The highest BCUT2D eigenvalue weighted by Gasteiger charge is 2.28. The first-order chi connectivity index (χ1) is 12.7. The standard InChI is InChI=1S/C24H27OS/c1-4-5-18-25-21-10-16-24(17-11-21)26(22-12-6-19(2)7-13-22)23-14-8-20(3)9-15-23/h6-17H,4-5,18H2,1-3H3/q+1. The molecule has 1 nitrogen and oxygen atoms in total. The molecule has 0 N–H and O–H groups in total. The van der Waals surface area contributed by atoms with Gasteiger partial charge >= 0.3 is 0 Å². The van der Waals surface area contributed by atoms with Crippen LogP contribution in [0.5, 0.6) is 5.75 Å². The number of benzene rings is 3. The molecule has 3 aromatic carbocycles. The number of ether oxygens (including phenoxy) is 1. The van der Waals surface area contributed by atoms with Gasteiger partial charge in [0.05, 0.1) is 17.5 Å². The molecule has 0 amide bonds. The van der Waals surface area contributed by atoms with Gasteiger partial charge in [-0.2, -0.15) is 0 Å². The summed E-state index contributed by atoms with van der Waals surface area (Å²) < 4.78 is 5.83. The predicted octanol–water partition coefficient (Wildman–Crippen LogP) is 6.58. The Hall–Kier alpha value is -2.19. The maximum Gasteiger partial charge on any atom is 0.166 e. The Labute approximate surface area is 160 Å². The molecule has 0 spiro atoms. The van der Waals surface area contributed by atoms with Crippen LogP contribution in [-0.4, -0.2) is 6.61 Å². The molecule has 0 aliphatic heterocycles. The third-order valence-electron chi connectivity index (χ3n) is 4.34. The lowest BCUT2D eigenvalue weighted by molar-refractivity contribution is 0.309. The van der Waals surface area contributed by atoms with Crippen LogP contribution < -0.4 is 4.74 Å². The summed E-state index contributed by atoms with van der Waals surface area (Å²) in [6.07, 6.45) is 2.25. The van der Waals surface area contributed by atoms with Gasteiger partial charge in [0.15, 0.2) is 14.7 Å². The normalized spacial score (nSPS) is 10.9. The summed E-state index contributed by atoms with van der Waals surface area (Å²) >= 11 is 0. The highest BCUT2D eigenvalue weighted by molar-refractivity contribution is 7.97. The van der Waals surface area contributed by atoms with Gasteiger partial charge in [-0.05, 0) is 68.8 Å². The molecule has 0 aliphatic carbocycles. The third kappa shape index (κ3) is 4.70. The summed E-state index contributed by atoms with van der Waals surface area (Å²) in [7, 11) is -0.102. The van der Waals surface area contributed by atoms with E-state index in [2.05, 4.69) is 93.6 Å². The second-order valence-corrected chi connectivity index (χ2v) is 8.63. The van der Waals surface area contributed by atoms with Crippen LogP contribution in [0.1, 0.15) is 30.9 Å². The van der Waals surface area contributed by atoms with Gasteiger partial charge in [-0.15, -0.1) is 0 Å². The van der Waals surface area contributed by atoms with Crippen LogP contribution in [0.3, 0.4) is 0 Å². The third-order valence-corrected chi connectivity index (χ3v) is 6.57. The Morgan fingerprint density at radius 3 is 1.50 bits per heavy atom. The zero-order valence-electron chi connectivity index (χ0n) is 15.9. The molecule has 0 fully saturated rings. The van der Waals surface area contributed by atoms with Crippen molar-refractivity contribution in [1.29, 1.82) is 0 Å². The Kier molecular flexibility index (Phi) is 6.40. The highest BCUT2D eigenvalue weighted by atomic mass is 32.2. The van der Waals surface area contributed by atoms with Gasteiger partial charge in [0.25, 0.3) is 0 Å². The van der Waals surface area contributed by atoms with Gasteiger partial charge in [-0.1, -0.05) is 48.7 Å². The first kappa shape index (κ1) is 18.6. The maximum absolute atomic E-state index is 5.83. The molecule has 2 heteroatoms. The average Bonchev–Trinajstić information content (AvgIpc) is 2.66. The molecule has 0 bridgehead atoms. The zero-order valence-corrected chi connectivity index (χ0v) is 16.7. The van der Waals surface area contributed by atoms with Crippen LogP contribution in [0.4, 0.5) is 0 Å². The molecule has 0 radical (unpaired) electrons. The summed E-state index contributed by atoms with van der Waals surface area (Å²) in [6.45, 7) is 7.24. The summed E-state index contributed by atoms with van der Waals surface area (Å²) in [5, 5.41) is 0. The Morgan fingerprint density at radius 2 is 1.08 bits per heavy atom. The van der Waals surface area contributed by atoms with E-state index in [0.717, 1.165) is 25.2 Å². The molecular formula is C24H27OS+. The van der Waals surface area contributed by atoms with E-state index in [1.807, 2.05) is 0 Å². The molecule has 0 saturated carbocycles. The summed E-state index contributed by atoms with van der Waals surface area (Å²) in [5.74, 6) is 0.957. The molecule has 3 aromatic rings. The van der Waals surface area contributed by atoms with E-state index < -0.39 is 0 Å². The maximum atomic E-state index is 5.83. The Balaban J connectivity index is 1.92. The number of aryl methyl sites for hydroxylation is 2. The van der Waals surface area contributed by atoms with Crippen molar-refractivity contribution < 1.29 is 4.74 Å². The van der Waals surface area contributed by atoms with Gasteiger partial charge in [-0.3, -0.25) is 0 Å². The lowest BCUT2D eigenvalue weighted by atomic mass is 10.2. The van der Waals surface area contributed by atoms with Gasteiger partial charge in [0, 0.05) is 0 Å². The number of hydrogen-bond donors (Lipinski definition) is 0. The van der Waals surface area contributed by atoms with Crippen LogP contribution >= 0.6 is 0 Å². The molecule has 0 atom stereocenters. The van der Waals surface area contributed by atoms with Crippen LogP contribution in [0.25, 0.3) is 0 Å². The molecule has 0 unspecified atom stereocenters. The van der Waals surface area contributed by atoms with Gasteiger partial charge < -0.3 is 4.74 Å². The van der Waals surface area contributed by atoms with E-state index in [4.69, 9.17) is 4.74 Å². The minimum absolute atomic E-state index is 0.102. The summed E-state index contributed by atoms with van der Waals surface area (Å²) in [5.41, 5.74) is 2.58. The van der Waals surface area contributed by atoms with Crippen molar-refractivity contribution in [2.24, 2.45) is 0 Å².